The number of aromatic nitrogens is 3. The van der Waals surface area contributed by atoms with Crippen molar-refractivity contribution in [2.45, 2.75) is 12.1 Å². The van der Waals surface area contributed by atoms with Crippen LogP contribution in [-0.4, -0.2) is 37.9 Å². The molecule has 2 N–H and O–H groups in total. The molecule has 0 spiro atoms. The van der Waals surface area contributed by atoms with Gasteiger partial charge in [-0.2, -0.15) is 10.1 Å². The number of nitrogens with one attached hydrogen (secondary N) is 1. The Kier molecular flexibility index (Phi) is 5.88. The van der Waals surface area contributed by atoms with Gasteiger partial charge in [0, 0.05) is 10.6 Å². The molecule has 31 heavy (non-hydrogen) atoms. The van der Waals surface area contributed by atoms with Crippen molar-refractivity contribution < 1.29 is 14.7 Å². The zero-order chi connectivity index (χ0) is 22.0. The van der Waals surface area contributed by atoms with E-state index in [1.54, 1.807) is 55.5 Å². The minimum absolute atomic E-state index is 0.0653. The first kappa shape index (κ1) is 20.8. The average Bonchev–Trinajstić information content (AvgIpc) is 3.34. The van der Waals surface area contributed by atoms with E-state index in [0.717, 1.165) is 17.3 Å². The maximum Gasteiger partial charge on any atom is 0.342 e. The lowest BCUT2D eigenvalue weighted by molar-refractivity contribution is -0.131. The van der Waals surface area contributed by atoms with Gasteiger partial charge in [-0.1, -0.05) is 29.8 Å². The van der Waals surface area contributed by atoms with Gasteiger partial charge in [0.15, 0.2) is 5.82 Å². The third-order valence-corrected chi connectivity index (χ3v) is 5.64. The second kappa shape index (κ2) is 8.75. The fourth-order valence-electron chi connectivity index (χ4n) is 2.95. The number of carboxylic acid groups (broad SMARTS) is 1. The number of para-hydroxylation sites is 1. The number of hydrogen-bond acceptors (Lipinski definition) is 6. The molecule has 2 heterocycles. The minimum atomic E-state index is -1.18. The van der Waals surface area contributed by atoms with Crippen LogP contribution in [0.25, 0.3) is 11.4 Å². The van der Waals surface area contributed by atoms with Gasteiger partial charge in [0.1, 0.15) is 0 Å². The molecule has 8 nitrogen and oxygen atoms in total. The Morgan fingerprint density at radius 2 is 1.90 bits per heavy atom. The Hall–Kier alpha value is -3.43. The van der Waals surface area contributed by atoms with Crippen molar-refractivity contribution in [1.82, 2.24) is 15.2 Å². The highest BCUT2D eigenvalue weighted by molar-refractivity contribution is 8.03. The van der Waals surface area contributed by atoms with Crippen LogP contribution in [0, 0.1) is 5.92 Å². The number of aliphatic carboxylic acids is 1. The van der Waals surface area contributed by atoms with Crippen LogP contribution in [0.5, 0.6) is 0 Å². The molecule has 1 amide bonds. The zero-order valence-corrected chi connectivity index (χ0v) is 17.8. The van der Waals surface area contributed by atoms with Crippen molar-refractivity contribution >= 4 is 46.6 Å². The van der Waals surface area contributed by atoms with E-state index in [1.165, 1.54) is 11.1 Å². The van der Waals surface area contributed by atoms with Gasteiger partial charge in [-0.3, -0.25) is 9.89 Å². The standard InChI is InChI=1S/C21H16ClN5O3S/c1-12-16(19(28)27(26-12)15-5-3-2-4-6-15)11-17(20(29)30)31-21-23-18(24-25-21)13-7-9-14(22)10-8-13/h2-11,16H,1H3,(H,29,30)(H,23,24,25)/b17-11+/t16-/m1/s1. The van der Waals surface area contributed by atoms with Gasteiger partial charge in [-0.15, -0.1) is 5.10 Å². The number of anilines is 1. The number of halogens is 1. The van der Waals surface area contributed by atoms with Crippen molar-refractivity contribution in [2.75, 3.05) is 5.01 Å². The van der Waals surface area contributed by atoms with E-state index in [0.29, 0.717) is 22.2 Å². The fraction of sp³-hybridized carbons (Fsp3) is 0.0952. The summed E-state index contributed by atoms with van der Waals surface area (Å²) < 4.78 is 0. The number of carbonyl (C=O) groups is 2. The van der Waals surface area contributed by atoms with Crippen molar-refractivity contribution in [3.05, 3.63) is 70.6 Å². The second-order valence-corrected chi connectivity index (χ2v) is 8.06. The first-order valence-electron chi connectivity index (χ1n) is 9.18. The number of carboxylic acids is 1. The van der Waals surface area contributed by atoms with Crippen LogP contribution in [0.3, 0.4) is 0 Å². The lowest BCUT2D eigenvalue weighted by atomic mass is 10.0. The molecule has 0 unspecified atom stereocenters. The molecule has 0 radical (unpaired) electrons. The highest BCUT2D eigenvalue weighted by Crippen LogP contribution is 2.30. The first-order valence-corrected chi connectivity index (χ1v) is 10.4. The summed E-state index contributed by atoms with van der Waals surface area (Å²) in [6, 6.07) is 16.0. The molecule has 3 aromatic rings. The number of carbonyl (C=O) groups excluding carboxylic acids is 1. The molecule has 0 bridgehead atoms. The highest BCUT2D eigenvalue weighted by atomic mass is 35.5. The zero-order valence-electron chi connectivity index (χ0n) is 16.2. The van der Waals surface area contributed by atoms with E-state index in [9.17, 15) is 14.7 Å². The topological polar surface area (TPSA) is 112 Å². The number of aromatic amines is 1. The molecular weight excluding hydrogens is 438 g/mol. The molecule has 0 saturated carbocycles. The van der Waals surface area contributed by atoms with Gasteiger partial charge in [0.2, 0.25) is 5.16 Å². The van der Waals surface area contributed by atoms with E-state index in [1.807, 2.05) is 6.07 Å². The molecule has 0 fully saturated rings. The Balaban J connectivity index is 1.56. The number of H-pyrrole nitrogens is 1. The van der Waals surface area contributed by atoms with Crippen LogP contribution in [0.1, 0.15) is 6.92 Å². The predicted molar refractivity (Wildman–Crippen MR) is 119 cm³/mol. The lowest BCUT2D eigenvalue weighted by Crippen LogP contribution is -2.26. The van der Waals surface area contributed by atoms with Crippen LogP contribution in [-0.2, 0) is 9.59 Å². The van der Waals surface area contributed by atoms with Crippen molar-refractivity contribution in [1.29, 1.82) is 0 Å². The maximum atomic E-state index is 12.9. The number of hydrogen-bond donors (Lipinski definition) is 2. The molecule has 4 rings (SSSR count). The van der Waals surface area contributed by atoms with E-state index < -0.39 is 11.9 Å². The number of thioether (sulfide) groups is 1. The Labute approximate surface area is 186 Å². The molecule has 1 aliphatic rings. The Morgan fingerprint density at radius 1 is 1.19 bits per heavy atom. The molecule has 10 heteroatoms. The largest absolute Gasteiger partial charge is 0.477 e. The summed E-state index contributed by atoms with van der Waals surface area (Å²) in [6.07, 6.45) is 1.38. The van der Waals surface area contributed by atoms with Crippen LogP contribution >= 0.6 is 23.4 Å². The third kappa shape index (κ3) is 4.52. The first-order chi connectivity index (χ1) is 14.9. The number of rotatable bonds is 6. The van der Waals surface area contributed by atoms with Crippen molar-refractivity contribution in [2.24, 2.45) is 11.0 Å². The van der Waals surface area contributed by atoms with Gasteiger partial charge < -0.3 is 5.11 Å². The smallest absolute Gasteiger partial charge is 0.342 e. The van der Waals surface area contributed by atoms with Crippen LogP contribution < -0.4 is 5.01 Å². The quantitative estimate of drug-likeness (QED) is 0.427. The number of benzene rings is 2. The van der Waals surface area contributed by atoms with Gasteiger partial charge >= 0.3 is 5.97 Å². The number of amides is 1. The lowest BCUT2D eigenvalue weighted by Gasteiger charge is -2.12. The molecular formula is C21H16ClN5O3S. The minimum Gasteiger partial charge on any atom is -0.477 e. The molecule has 1 aliphatic heterocycles. The predicted octanol–water partition coefficient (Wildman–Crippen LogP) is 4.22. The average molecular weight is 454 g/mol. The van der Waals surface area contributed by atoms with Gasteiger partial charge in [0.25, 0.3) is 5.91 Å². The van der Waals surface area contributed by atoms with Crippen LogP contribution in [0.4, 0.5) is 5.69 Å². The van der Waals surface area contributed by atoms with E-state index in [-0.39, 0.29) is 16.0 Å². The SMILES string of the molecule is CC1=NN(c2ccccc2)C(=O)[C@@H]1/C=C(/Sc1n[nH]c(-c2ccc(Cl)cc2)n1)C(=O)O. The highest BCUT2D eigenvalue weighted by Gasteiger charge is 2.34. The van der Waals surface area contributed by atoms with Crippen LogP contribution in [0.15, 0.2) is 75.8 Å². The summed E-state index contributed by atoms with van der Waals surface area (Å²) >= 11 is 6.76. The second-order valence-electron chi connectivity index (χ2n) is 6.62. The van der Waals surface area contributed by atoms with E-state index in [2.05, 4.69) is 20.3 Å². The van der Waals surface area contributed by atoms with Gasteiger partial charge in [-0.05, 0) is 61.2 Å². The summed E-state index contributed by atoms with van der Waals surface area (Å²) in [5.74, 6) is -1.80. The molecule has 0 saturated heterocycles. The normalized spacial score (nSPS) is 16.5. The molecule has 1 aromatic heterocycles. The van der Waals surface area contributed by atoms with Crippen molar-refractivity contribution in [3.8, 4) is 11.4 Å². The number of hydrazone groups is 1. The maximum absolute atomic E-state index is 12.9. The van der Waals surface area contributed by atoms with Gasteiger partial charge in [-0.25, -0.2) is 9.78 Å². The summed E-state index contributed by atoms with van der Waals surface area (Å²) in [5, 5.41) is 22.9. The van der Waals surface area contributed by atoms with E-state index in [4.69, 9.17) is 11.6 Å². The molecule has 156 valence electrons. The number of nitrogens with zero attached hydrogens (tertiary/aromatic N) is 4. The summed E-state index contributed by atoms with van der Waals surface area (Å²) in [6.45, 7) is 1.69. The fourth-order valence-corrected chi connectivity index (χ4v) is 3.80. The Morgan fingerprint density at radius 3 is 2.58 bits per heavy atom. The van der Waals surface area contributed by atoms with Crippen LogP contribution in [0.2, 0.25) is 5.02 Å². The molecule has 1 atom stereocenters. The third-order valence-electron chi connectivity index (χ3n) is 4.50. The summed E-state index contributed by atoms with van der Waals surface area (Å²) in [4.78, 5) is 29.0. The van der Waals surface area contributed by atoms with E-state index >= 15 is 0 Å². The monoisotopic (exact) mass is 453 g/mol. The van der Waals surface area contributed by atoms with Gasteiger partial charge in [0.05, 0.1) is 22.2 Å². The summed E-state index contributed by atoms with van der Waals surface area (Å²) in [5.41, 5.74) is 1.89. The molecule has 0 aliphatic carbocycles. The molecule has 2 aromatic carbocycles. The Bertz CT molecular complexity index is 1190. The van der Waals surface area contributed by atoms with Crippen molar-refractivity contribution in [3.63, 3.8) is 0 Å². The summed E-state index contributed by atoms with van der Waals surface area (Å²) in [7, 11) is 0.